The molecule has 162 valence electrons. The molecular weight excluding hydrogens is 432 g/mol. The van der Waals surface area contributed by atoms with E-state index in [1.165, 1.54) is 43.9 Å². The van der Waals surface area contributed by atoms with Crippen molar-refractivity contribution in [2.45, 2.75) is 30.2 Å². The van der Waals surface area contributed by atoms with E-state index < -0.39 is 10.0 Å². The number of nitrogens with zero attached hydrogens (tertiary/aromatic N) is 3. The van der Waals surface area contributed by atoms with Crippen LogP contribution < -0.4 is 5.32 Å². The predicted octanol–water partition coefficient (Wildman–Crippen LogP) is 3.74. The number of hydrogen-bond donors (Lipinski definition) is 1. The number of thioether (sulfide) groups is 1. The molecule has 1 aromatic heterocycles. The van der Waals surface area contributed by atoms with E-state index in [4.69, 9.17) is 5.10 Å². The minimum absolute atomic E-state index is 0.145. The Hall–Kier alpha value is -2.62. The van der Waals surface area contributed by atoms with Crippen LogP contribution in [0.25, 0.3) is 5.69 Å². The minimum atomic E-state index is -3.54. The van der Waals surface area contributed by atoms with Crippen molar-refractivity contribution in [2.75, 3.05) is 19.4 Å². The Balaban J connectivity index is 1.66. The zero-order chi connectivity index (χ0) is 22.3. The van der Waals surface area contributed by atoms with Crippen LogP contribution in [0.15, 0.2) is 47.4 Å². The number of fused-ring (bicyclic) bond motifs is 1. The standard InChI is InChI=1S/C22H24N4O3S2/c1-14-5-8-17(11-15(14)2)26-21(19-12-30-13-20(19)24-26)23-22(27)16-6-9-18(10-7-16)31(28,29)25(3)4/h5-11H,12-13H2,1-4H3,(H,23,27). The fourth-order valence-electron chi connectivity index (χ4n) is 3.35. The second kappa shape index (κ2) is 8.14. The summed E-state index contributed by atoms with van der Waals surface area (Å²) < 4.78 is 27.5. The number of aryl methyl sites for hydroxylation is 2. The minimum Gasteiger partial charge on any atom is -0.306 e. The third kappa shape index (κ3) is 4.00. The van der Waals surface area contributed by atoms with Crippen molar-refractivity contribution >= 4 is 33.5 Å². The largest absolute Gasteiger partial charge is 0.306 e. The third-order valence-electron chi connectivity index (χ3n) is 5.41. The molecule has 9 heteroatoms. The van der Waals surface area contributed by atoms with Gasteiger partial charge in [-0.05, 0) is 61.4 Å². The summed E-state index contributed by atoms with van der Waals surface area (Å²) in [5.74, 6) is 1.96. The molecule has 4 rings (SSSR count). The predicted molar refractivity (Wildman–Crippen MR) is 123 cm³/mol. The van der Waals surface area contributed by atoms with E-state index in [-0.39, 0.29) is 10.8 Å². The number of hydrogen-bond acceptors (Lipinski definition) is 5. The SMILES string of the molecule is Cc1ccc(-n2nc3c(c2NC(=O)c2ccc(S(=O)(=O)N(C)C)cc2)CSC3)cc1C. The van der Waals surface area contributed by atoms with Gasteiger partial charge < -0.3 is 5.32 Å². The zero-order valence-electron chi connectivity index (χ0n) is 17.8. The first-order valence-corrected chi connectivity index (χ1v) is 12.4. The van der Waals surface area contributed by atoms with Crippen molar-refractivity contribution in [2.24, 2.45) is 0 Å². The molecule has 0 aliphatic carbocycles. The lowest BCUT2D eigenvalue weighted by Crippen LogP contribution is -2.22. The molecule has 2 aromatic carbocycles. The van der Waals surface area contributed by atoms with Crippen molar-refractivity contribution in [1.29, 1.82) is 0 Å². The Bertz CT molecular complexity index is 1260. The molecular formula is C22H24N4O3S2. The molecule has 1 amide bonds. The van der Waals surface area contributed by atoms with Crippen molar-refractivity contribution in [1.82, 2.24) is 14.1 Å². The molecule has 0 fully saturated rings. The van der Waals surface area contributed by atoms with E-state index >= 15 is 0 Å². The van der Waals surface area contributed by atoms with Gasteiger partial charge in [-0.2, -0.15) is 16.9 Å². The van der Waals surface area contributed by atoms with Gasteiger partial charge in [-0.1, -0.05) is 6.07 Å². The Labute approximate surface area is 186 Å². The first-order chi connectivity index (χ1) is 14.7. The highest BCUT2D eigenvalue weighted by molar-refractivity contribution is 7.98. The highest BCUT2D eigenvalue weighted by Gasteiger charge is 2.25. The smallest absolute Gasteiger partial charge is 0.256 e. The molecule has 0 radical (unpaired) electrons. The molecule has 1 aliphatic heterocycles. The highest BCUT2D eigenvalue weighted by Crippen LogP contribution is 2.36. The Morgan fingerprint density at radius 3 is 2.42 bits per heavy atom. The fraction of sp³-hybridized carbons (Fsp3) is 0.273. The van der Waals surface area contributed by atoms with Crippen LogP contribution in [-0.4, -0.2) is 42.5 Å². The van der Waals surface area contributed by atoms with Crippen LogP contribution in [0.5, 0.6) is 0 Å². The zero-order valence-corrected chi connectivity index (χ0v) is 19.5. The van der Waals surface area contributed by atoms with Gasteiger partial charge in [0, 0.05) is 36.7 Å². The lowest BCUT2D eigenvalue weighted by Gasteiger charge is -2.13. The summed E-state index contributed by atoms with van der Waals surface area (Å²) in [6, 6.07) is 12.0. The molecule has 1 N–H and O–H groups in total. The summed E-state index contributed by atoms with van der Waals surface area (Å²) in [6.07, 6.45) is 0. The maximum atomic E-state index is 13.0. The Kier molecular flexibility index (Phi) is 5.67. The van der Waals surface area contributed by atoms with E-state index in [1.807, 2.05) is 19.1 Å². The van der Waals surface area contributed by atoms with Gasteiger partial charge in [0.25, 0.3) is 5.91 Å². The van der Waals surface area contributed by atoms with E-state index in [0.717, 1.165) is 38.3 Å². The van der Waals surface area contributed by atoms with Crippen LogP contribution >= 0.6 is 11.8 Å². The van der Waals surface area contributed by atoms with E-state index in [0.29, 0.717) is 11.4 Å². The van der Waals surface area contributed by atoms with Crippen molar-refractivity contribution in [3.05, 3.63) is 70.4 Å². The molecule has 0 bridgehead atoms. The molecule has 31 heavy (non-hydrogen) atoms. The van der Waals surface area contributed by atoms with E-state index in [1.54, 1.807) is 16.4 Å². The Morgan fingerprint density at radius 2 is 1.77 bits per heavy atom. The number of carbonyl (C=O) groups excluding carboxylic acids is 1. The number of amides is 1. The topological polar surface area (TPSA) is 84.3 Å². The number of rotatable bonds is 5. The van der Waals surface area contributed by atoms with Crippen molar-refractivity contribution in [3.63, 3.8) is 0 Å². The summed E-state index contributed by atoms with van der Waals surface area (Å²) in [5.41, 5.74) is 5.62. The first-order valence-electron chi connectivity index (χ1n) is 9.78. The highest BCUT2D eigenvalue weighted by atomic mass is 32.2. The summed E-state index contributed by atoms with van der Waals surface area (Å²) in [5, 5.41) is 7.75. The first kappa shape index (κ1) is 21.6. The molecule has 7 nitrogen and oxygen atoms in total. The second-order valence-corrected chi connectivity index (χ2v) is 10.9. The fourth-order valence-corrected chi connectivity index (χ4v) is 5.29. The molecule has 0 spiro atoms. The second-order valence-electron chi connectivity index (χ2n) is 7.71. The van der Waals surface area contributed by atoms with E-state index in [2.05, 4.69) is 18.3 Å². The van der Waals surface area contributed by atoms with Gasteiger partial charge in [0.05, 0.1) is 16.3 Å². The van der Waals surface area contributed by atoms with Gasteiger partial charge in [-0.15, -0.1) is 0 Å². The lowest BCUT2D eigenvalue weighted by molar-refractivity contribution is 0.102. The molecule has 1 aliphatic rings. The van der Waals surface area contributed by atoms with Gasteiger partial charge in [0.15, 0.2) is 0 Å². The average molecular weight is 457 g/mol. The summed E-state index contributed by atoms with van der Waals surface area (Å²) in [4.78, 5) is 13.1. The normalized spacial score (nSPS) is 13.5. The third-order valence-corrected chi connectivity index (χ3v) is 8.21. The van der Waals surface area contributed by atoms with Gasteiger partial charge in [0.1, 0.15) is 5.82 Å². The number of sulfonamides is 1. The van der Waals surface area contributed by atoms with Crippen LogP contribution in [0, 0.1) is 13.8 Å². The molecule has 0 unspecified atom stereocenters. The number of benzene rings is 2. The monoisotopic (exact) mass is 456 g/mol. The molecule has 3 aromatic rings. The lowest BCUT2D eigenvalue weighted by atomic mass is 10.1. The van der Waals surface area contributed by atoms with Crippen LogP contribution in [-0.2, 0) is 21.5 Å². The number of anilines is 1. The van der Waals surface area contributed by atoms with E-state index in [9.17, 15) is 13.2 Å². The number of nitrogens with one attached hydrogen (secondary N) is 1. The van der Waals surface area contributed by atoms with Gasteiger partial charge >= 0.3 is 0 Å². The van der Waals surface area contributed by atoms with Crippen molar-refractivity contribution < 1.29 is 13.2 Å². The maximum absolute atomic E-state index is 13.0. The van der Waals surface area contributed by atoms with Crippen LogP contribution in [0.3, 0.4) is 0 Å². The van der Waals surface area contributed by atoms with Gasteiger partial charge in [-0.3, -0.25) is 4.79 Å². The molecule has 0 atom stereocenters. The van der Waals surface area contributed by atoms with Crippen LogP contribution in [0.1, 0.15) is 32.7 Å². The number of aromatic nitrogens is 2. The maximum Gasteiger partial charge on any atom is 0.256 e. The summed E-state index contributed by atoms with van der Waals surface area (Å²) >= 11 is 1.76. The van der Waals surface area contributed by atoms with Crippen LogP contribution in [0.2, 0.25) is 0 Å². The number of carbonyl (C=O) groups is 1. The average Bonchev–Trinajstić information content (AvgIpc) is 3.32. The quantitative estimate of drug-likeness (QED) is 0.632. The van der Waals surface area contributed by atoms with Crippen molar-refractivity contribution in [3.8, 4) is 5.69 Å². The van der Waals surface area contributed by atoms with Gasteiger partial charge in [0.2, 0.25) is 10.0 Å². The molecule has 0 saturated heterocycles. The summed E-state index contributed by atoms with van der Waals surface area (Å²) in [7, 11) is -0.594. The van der Waals surface area contributed by atoms with Gasteiger partial charge in [-0.25, -0.2) is 17.4 Å². The Morgan fingerprint density at radius 1 is 1.06 bits per heavy atom. The molecule has 2 heterocycles. The van der Waals surface area contributed by atoms with Crippen LogP contribution in [0.4, 0.5) is 5.82 Å². The molecule has 0 saturated carbocycles. The summed E-state index contributed by atoms with van der Waals surface area (Å²) in [6.45, 7) is 4.11.